The predicted molar refractivity (Wildman–Crippen MR) is 57.5 cm³/mol. The second-order valence-electron chi connectivity index (χ2n) is 3.04. The number of carbonyl (C=O) groups excluding carboxylic acids is 2. The molecule has 1 rings (SSSR count). The van der Waals surface area contributed by atoms with Crippen LogP contribution in [0.5, 0.6) is 5.75 Å². The Hall–Kier alpha value is -2.04. The van der Waals surface area contributed by atoms with Crippen molar-refractivity contribution < 1.29 is 19.4 Å². The van der Waals surface area contributed by atoms with Crippen molar-refractivity contribution in [2.75, 3.05) is 13.2 Å². The molecule has 0 unspecified atom stereocenters. The van der Waals surface area contributed by atoms with Gasteiger partial charge >= 0.3 is 6.09 Å². The zero-order valence-corrected chi connectivity index (χ0v) is 8.90. The Morgan fingerprint density at radius 3 is 2.50 bits per heavy atom. The quantitative estimate of drug-likeness (QED) is 0.755. The number of nitrogens with one attached hydrogen (secondary N) is 1. The second-order valence-corrected chi connectivity index (χ2v) is 3.04. The third-order valence-corrected chi connectivity index (χ3v) is 1.86. The number of ketones is 1. The highest BCUT2D eigenvalue weighted by atomic mass is 16.5. The van der Waals surface area contributed by atoms with Crippen LogP contribution in [0.2, 0.25) is 0 Å². The lowest BCUT2D eigenvalue weighted by molar-refractivity contribution is 0.0979. The molecule has 0 heterocycles. The minimum absolute atomic E-state index is 0.0925. The van der Waals surface area contributed by atoms with Gasteiger partial charge in [-0.05, 0) is 31.2 Å². The molecule has 5 nitrogen and oxygen atoms in total. The zero-order valence-electron chi connectivity index (χ0n) is 8.90. The number of phenolic OH excluding ortho intramolecular Hbond substituents is 1. The van der Waals surface area contributed by atoms with Gasteiger partial charge in [0.2, 0.25) is 0 Å². The fraction of sp³-hybridized carbons (Fsp3) is 0.273. The van der Waals surface area contributed by atoms with Gasteiger partial charge in [-0.25, -0.2) is 4.79 Å². The number of ether oxygens (including phenoxy) is 1. The van der Waals surface area contributed by atoms with Gasteiger partial charge in [0.05, 0.1) is 13.2 Å². The van der Waals surface area contributed by atoms with Gasteiger partial charge in [0, 0.05) is 5.56 Å². The summed E-state index contributed by atoms with van der Waals surface area (Å²) in [7, 11) is 0. The first-order chi connectivity index (χ1) is 7.63. The zero-order chi connectivity index (χ0) is 12.0. The summed E-state index contributed by atoms with van der Waals surface area (Å²) in [5.41, 5.74) is 0.426. The summed E-state index contributed by atoms with van der Waals surface area (Å²) in [6, 6.07) is 5.81. The molecule has 5 heteroatoms. The van der Waals surface area contributed by atoms with E-state index >= 15 is 0 Å². The van der Waals surface area contributed by atoms with Gasteiger partial charge < -0.3 is 15.2 Å². The molecule has 0 saturated carbocycles. The number of alkyl carbamates (subject to hydrolysis) is 1. The molecule has 0 radical (unpaired) electrons. The minimum Gasteiger partial charge on any atom is -0.508 e. The Balaban J connectivity index is 2.47. The molecule has 0 aromatic heterocycles. The average Bonchev–Trinajstić information content (AvgIpc) is 2.27. The van der Waals surface area contributed by atoms with Gasteiger partial charge in [-0.15, -0.1) is 0 Å². The van der Waals surface area contributed by atoms with Crippen molar-refractivity contribution in [3.8, 4) is 5.75 Å². The first kappa shape index (κ1) is 12.0. The molecule has 0 bridgehead atoms. The number of rotatable bonds is 4. The largest absolute Gasteiger partial charge is 0.508 e. The highest BCUT2D eigenvalue weighted by molar-refractivity contribution is 5.98. The minimum atomic E-state index is -0.616. The third kappa shape index (κ3) is 3.61. The van der Waals surface area contributed by atoms with Crippen LogP contribution in [0.15, 0.2) is 24.3 Å². The van der Waals surface area contributed by atoms with Crippen molar-refractivity contribution >= 4 is 11.9 Å². The monoisotopic (exact) mass is 223 g/mol. The summed E-state index contributed by atoms with van der Waals surface area (Å²) in [4.78, 5) is 22.4. The van der Waals surface area contributed by atoms with Crippen molar-refractivity contribution in [2.24, 2.45) is 0 Å². The van der Waals surface area contributed by atoms with Crippen LogP contribution in [0.25, 0.3) is 0 Å². The molecule has 86 valence electrons. The summed E-state index contributed by atoms with van der Waals surface area (Å²) < 4.78 is 4.60. The lowest BCUT2D eigenvalue weighted by Gasteiger charge is -2.04. The first-order valence-electron chi connectivity index (χ1n) is 4.86. The Kier molecular flexibility index (Phi) is 4.32. The summed E-state index contributed by atoms with van der Waals surface area (Å²) >= 11 is 0. The van der Waals surface area contributed by atoms with E-state index in [2.05, 4.69) is 10.1 Å². The fourth-order valence-electron chi connectivity index (χ4n) is 1.08. The van der Waals surface area contributed by atoms with E-state index in [1.54, 1.807) is 6.92 Å². The molecule has 16 heavy (non-hydrogen) atoms. The molecule has 0 aliphatic heterocycles. The average molecular weight is 223 g/mol. The fourth-order valence-corrected chi connectivity index (χ4v) is 1.08. The van der Waals surface area contributed by atoms with Crippen molar-refractivity contribution in [3.05, 3.63) is 29.8 Å². The summed E-state index contributed by atoms with van der Waals surface area (Å²) in [6.45, 7) is 1.82. The Bertz CT molecular complexity index is 372. The van der Waals surface area contributed by atoms with E-state index in [1.807, 2.05) is 0 Å². The van der Waals surface area contributed by atoms with Crippen LogP contribution >= 0.6 is 0 Å². The first-order valence-corrected chi connectivity index (χ1v) is 4.86. The molecule has 1 aromatic rings. The molecule has 0 fully saturated rings. The molecule has 0 spiro atoms. The van der Waals surface area contributed by atoms with Crippen LogP contribution in [-0.2, 0) is 4.74 Å². The standard InChI is InChI=1S/C11H13NO4/c1-2-16-11(15)12-7-10(14)8-3-5-9(13)6-4-8/h3-6,13H,2,7H2,1H3,(H,12,15). The van der Waals surface area contributed by atoms with Crippen molar-refractivity contribution in [1.29, 1.82) is 0 Å². The third-order valence-electron chi connectivity index (χ3n) is 1.86. The van der Waals surface area contributed by atoms with Crippen LogP contribution in [0.4, 0.5) is 4.79 Å². The van der Waals surface area contributed by atoms with Crippen LogP contribution in [0.1, 0.15) is 17.3 Å². The maximum Gasteiger partial charge on any atom is 0.407 e. The van der Waals surface area contributed by atoms with Crippen molar-refractivity contribution in [3.63, 3.8) is 0 Å². The maximum atomic E-state index is 11.5. The number of phenols is 1. The van der Waals surface area contributed by atoms with E-state index in [4.69, 9.17) is 5.11 Å². The Morgan fingerprint density at radius 1 is 1.31 bits per heavy atom. The normalized spacial score (nSPS) is 9.56. The molecule has 0 aliphatic carbocycles. The molecule has 0 aliphatic rings. The molecule has 2 N–H and O–H groups in total. The second kappa shape index (κ2) is 5.75. The van der Waals surface area contributed by atoms with Gasteiger partial charge in [0.25, 0.3) is 0 Å². The van der Waals surface area contributed by atoms with Crippen LogP contribution in [0.3, 0.4) is 0 Å². The SMILES string of the molecule is CCOC(=O)NCC(=O)c1ccc(O)cc1. The van der Waals surface area contributed by atoms with Gasteiger partial charge in [-0.2, -0.15) is 0 Å². The number of aromatic hydroxyl groups is 1. The smallest absolute Gasteiger partial charge is 0.407 e. The summed E-state index contributed by atoms with van der Waals surface area (Å²) in [5, 5.41) is 11.3. The molecule has 1 aromatic carbocycles. The van der Waals surface area contributed by atoms with E-state index in [9.17, 15) is 9.59 Å². The van der Waals surface area contributed by atoms with E-state index in [0.29, 0.717) is 5.56 Å². The summed E-state index contributed by atoms with van der Waals surface area (Å²) in [6.07, 6.45) is -0.616. The molecular weight excluding hydrogens is 210 g/mol. The highest BCUT2D eigenvalue weighted by Crippen LogP contribution is 2.09. The topological polar surface area (TPSA) is 75.6 Å². The number of hydrogen-bond acceptors (Lipinski definition) is 4. The van der Waals surface area contributed by atoms with E-state index < -0.39 is 6.09 Å². The van der Waals surface area contributed by atoms with E-state index in [-0.39, 0.29) is 24.7 Å². The summed E-state index contributed by atoms with van der Waals surface area (Å²) in [5.74, 6) is -0.150. The van der Waals surface area contributed by atoms with Crippen molar-refractivity contribution in [2.45, 2.75) is 6.92 Å². The number of carbonyl (C=O) groups is 2. The van der Waals surface area contributed by atoms with Crippen molar-refractivity contribution in [1.82, 2.24) is 5.32 Å². The Labute approximate surface area is 93.0 Å². The van der Waals surface area contributed by atoms with E-state index in [1.165, 1.54) is 24.3 Å². The van der Waals surface area contributed by atoms with Gasteiger partial charge in [0.1, 0.15) is 5.75 Å². The maximum absolute atomic E-state index is 11.5. The van der Waals surface area contributed by atoms with E-state index in [0.717, 1.165) is 0 Å². The molecular formula is C11H13NO4. The lowest BCUT2D eigenvalue weighted by Crippen LogP contribution is -2.30. The molecule has 0 saturated heterocycles. The lowest BCUT2D eigenvalue weighted by atomic mass is 10.1. The van der Waals surface area contributed by atoms with Gasteiger partial charge in [-0.1, -0.05) is 0 Å². The van der Waals surface area contributed by atoms with Crippen LogP contribution < -0.4 is 5.32 Å². The Morgan fingerprint density at radius 2 is 1.94 bits per heavy atom. The van der Waals surface area contributed by atoms with Crippen LogP contribution in [-0.4, -0.2) is 30.1 Å². The molecule has 0 atom stereocenters. The predicted octanol–water partition coefficient (Wildman–Crippen LogP) is 1.32. The molecule has 1 amide bonds. The highest BCUT2D eigenvalue weighted by Gasteiger charge is 2.07. The number of benzene rings is 1. The van der Waals surface area contributed by atoms with Gasteiger partial charge in [-0.3, -0.25) is 4.79 Å². The van der Waals surface area contributed by atoms with Gasteiger partial charge in [0.15, 0.2) is 5.78 Å². The number of hydrogen-bond donors (Lipinski definition) is 2. The number of Topliss-reactive ketones (excluding diaryl/α,β-unsaturated/α-hetero) is 1. The van der Waals surface area contributed by atoms with Crippen LogP contribution in [0, 0.1) is 0 Å². The number of amides is 1.